The highest BCUT2D eigenvalue weighted by Crippen LogP contribution is 2.28. The zero-order valence-electron chi connectivity index (χ0n) is 18.5. The Balaban J connectivity index is 1.37. The molecule has 0 fully saturated rings. The lowest BCUT2D eigenvalue weighted by atomic mass is 10.2. The maximum Gasteiger partial charge on any atom is 0.257 e. The molecule has 2 aromatic carbocycles. The normalized spacial score (nSPS) is 10.5. The fourth-order valence-corrected chi connectivity index (χ4v) is 4.37. The van der Waals surface area contributed by atoms with E-state index in [9.17, 15) is 9.59 Å². The summed E-state index contributed by atoms with van der Waals surface area (Å²) in [7, 11) is 0. The number of nitrogens with one attached hydrogen (secondary N) is 2. The summed E-state index contributed by atoms with van der Waals surface area (Å²) in [6.45, 7) is 4.94. The summed E-state index contributed by atoms with van der Waals surface area (Å²) in [5.74, 6) is 0.908. The molecule has 2 N–H and O–H groups in total. The van der Waals surface area contributed by atoms with Crippen LogP contribution in [0.1, 0.15) is 34.6 Å². The fraction of sp³-hybridized carbons (Fsp3) is 0.167. The topological polar surface area (TPSA) is 102 Å². The van der Waals surface area contributed by atoms with Crippen LogP contribution >= 0.6 is 22.7 Å². The third kappa shape index (κ3) is 5.77. The number of nitrogens with zero attached hydrogens (tertiary/aromatic N) is 2. The second kappa shape index (κ2) is 10.9. The predicted molar refractivity (Wildman–Crippen MR) is 134 cm³/mol. The van der Waals surface area contributed by atoms with Crippen molar-refractivity contribution < 1.29 is 19.1 Å². The molecule has 0 spiro atoms. The molecule has 4 rings (SSSR count). The molecule has 0 unspecified atom stereocenters. The summed E-state index contributed by atoms with van der Waals surface area (Å²) < 4.78 is 10.8. The van der Waals surface area contributed by atoms with E-state index in [4.69, 9.17) is 9.47 Å². The first-order chi connectivity index (χ1) is 16.6. The lowest BCUT2D eigenvalue weighted by molar-refractivity contribution is 0.101. The van der Waals surface area contributed by atoms with Crippen molar-refractivity contribution in [3.8, 4) is 22.9 Å². The number of carbonyl (C=O) groups is 2. The molecule has 0 bridgehead atoms. The van der Waals surface area contributed by atoms with E-state index in [0.717, 1.165) is 0 Å². The van der Waals surface area contributed by atoms with E-state index in [2.05, 4.69) is 20.6 Å². The number of rotatable bonds is 9. The summed E-state index contributed by atoms with van der Waals surface area (Å²) in [5, 5.41) is 10.1. The summed E-state index contributed by atoms with van der Waals surface area (Å²) in [6, 6.07) is 13.8. The highest BCUT2D eigenvalue weighted by atomic mass is 32.1. The Morgan fingerprint density at radius 3 is 1.44 bits per heavy atom. The Morgan fingerprint density at radius 1 is 0.706 bits per heavy atom. The minimum atomic E-state index is -0.259. The van der Waals surface area contributed by atoms with Gasteiger partial charge in [-0.25, -0.2) is 9.97 Å². The largest absolute Gasteiger partial charge is 0.494 e. The van der Waals surface area contributed by atoms with Gasteiger partial charge >= 0.3 is 0 Å². The molecule has 0 saturated heterocycles. The van der Waals surface area contributed by atoms with E-state index in [1.54, 1.807) is 59.3 Å². The molecule has 34 heavy (non-hydrogen) atoms. The van der Waals surface area contributed by atoms with Crippen LogP contribution in [0.15, 0.2) is 59.3 Å². The van der Waals surface area contributed by atoms with Crippen LogP contribution in [0, 0.1) is 0 Å². The summed E-state index contributed by atoms with van der Waals surface area (Å²) in [4.78, 5) is 33.9. The number of hydrogen-bond donors (Lipinski definition) is 2. The van der Waals surface area contributed by atoms with Crippen molar-refractivity contribution in [1.29, 1.82) is 0 Å². The van der Waals surface area contributed by atoms with Crippen LogP contribution in [-0.2, 0) is 0 Å². The van der Waals surface area contributed by atoms with Gasteiger partial charge in [0.1, 0.15) is 22.9 Å². The number of anilines is 2. The van der Waals surface area contributed by atoms with Crippen molar-refractivity contribution in [2.45, 2.75) is 13.8 Å². The number of hydrogen-bond acceptors (Lipinski definition) is 8. The van der Waals surface area contributed by atoms with E-state index < -0.39 is 0 Å². The van der Waals surface area contributed by atoms with E-state index in [-0.39, 0.29) is 11.8 Å². The summed E-state index contributed by atoms with van der Waals surface area (Å²) >= 11 is 2.60. The molecule has 2 aromatic heterocycles. The standard InChI is InChI=1S/C24H22N4O4S2/c1-3-31-17-9-5-15(6-10-17)21(29)27-23-25-19(13-33-23)20-14-34-24(26-20)28-22(30)16-7-11-18(12-8-16)32-4-2/h5-14H,3-4H2,1-2H3,(H,25,27,29)(H,26,28,30). The molecule has 0 saturated carbocycles. The predicted octanol–water partition coefficient (Wildman–Crippen LogP) is 5.57. The first kappa shape index (κ1) is 23.4. The van der Waals surface area contributed by atoms with Crippen LogP contribution in [0.2, 0.25) is 0 Å². The minimum Gasteiger partial charge on any atom is -0.494 e. The third-order valence-corrected chi connectivity index (χ3v) is 6.08. The number of ether oxygens (including phenoxy) is 2. The van der Waals surface area contributed by atoms with Gasteiger partial charge in [-0.05, 0) is 62.4 Å². The number of carbonyl (C=O) groups excluding carboxylic acids is 2. The monoisotopic (exact) mass is 494 g/mol. The molecule has 0 aliphatic carbocycles. The minimum absolute atomic E-state index is 0.259. The van der Waals surface area contributed by atoms with Gasteiger partial charge in [0, 0.05) is 21.9 Å². The number of benzene rings is 2. The molecule has 8 nitrogen and oxygen atoms in total. The average molecular weight is 495 g/mol. The quantitative estimate of drug-likeness (QED) is 0.315. The fourth-order valence-electron chi connectivity index (χ4n) is 2.97. The van der Waals surface area contributed by atoms with Crippen LogP contribution in [0.25, 0.3) is 11.4 Å². The molecular formula is C24H22N4O4S2. The van der Waals surface area contributed by atoms with Crippen molar-refractivity contribution in [1.82, 2.24) is 9.97 Å². The molecule has 0 aliphatic heterocycles. The second-order valence-electron chi connectivity index (χ2n) is 6.90. The van der Waals surface area contributed by atoms with Crippen LogP contribution in [0.3, 0.4) is 0 Å². The van der Waals surface area contributed by atoms with Crippen LogP contribution in [0.4, 0.5) is 10.3 Å². The van der Waals surface area contributed by atoms with Gasteiger partial charge in [0.05, 0.1) is 13.2 Å². The Bertz CT molecular complexity index is 1170. The highest BCUT2D eigenvalue weighted by Gasteiger charge is 2.14. The number of aromatic nitrogens is 2. The molecular weight excluding hydrogens is 472 g/mol. The van der Waals surface area contributed by atoms with Crippen LogP contribution in [0.5, 0.6) is 11.5 Å². The number of thiazole rings is 2. The molecule has 0 aliphatic rings. The van der Waals surface area contributed by atoms with E-state index in [1.807, 2.05) is 13.8 Å². The van der Waals surface area contributed by atoms with Crippen molar-refractivity contribution in [3.05, 3.63) is 70.4 Å². The molecule has 2 heterocycles. The Morgan fingerprint density at radius 2 is 1.09 bits per heavy atom. The number of amides is 2. The molecule has 0 radical (unpaired) electrons. The van der Waals surface area contributed by atoms with Crippen LogP contribution in [-0.4, -0.2) is 35.0 Å². The Labute approximate surface area is 204 Å². The highest BCUT2D eigenvalue weighted by molar-refractivity contribution is 7.15. The maximum absolute atomic E-state index is 12.5. The van der Waals surface area contributed by atoms with Gasteiger partial charge < -0.3 is 9.47 Å². The molecule has 174 valence electrons. The van der Waals surface area contributed by atoms with Gasteiger partial charge in [0.25, 0.3) is 11.8 Å². The molecule has 0 atom stereocenters. The van der Waals surface area contributed by atoms with E-state index >= 15 is 0 Å². The Kier molecular flexibility index (Phi) is 7.51. The molecule has 4 aromatic rings. The zero-order chi connectivity index (χ0) is 23.9. The summed E-state index contributed by atoms with van der Waals surface area (Å²) in [5.41, 5.74) is 2.25. The van der Waals surface area contributed by atoms with Gasteiger partial charge in [0.15, 0.2) is 10.3 Å². The lowest BCUT2D eigenvalue weighted by Gasteiger charge is -2.05. The molecule has 2 amide bonds. The maximum atomic E-state index is 12.5. The molecule has 10 heteroatoms. The van der Waals surface area contributed by atoms with Crippen molar-refractivity contribution in [3.63, 3.8) is 0 Å². The average Bonchev–Trinajstić information content (AvgIpc) is 3.50. The zero-order valence-corrected chi connectivity index (χ0v) is 20.2. The smallest absolute Gasteiger partial charge is 0.257 e. The van der Waals surface area contributed by atoms with Gasteiger partial charge in [-0.15, -0.1) is 22.7 Å². The van der Waals surface area contributed by atoms with E-state index in [1.165, 1.54) is 22.7 Å². The van der Waals surface area contributed by atoms with Gasteiger partial charge in [-0.2, -0.15) is 0 Å². The van der Waals surface area contributed by atoms with Gasteiger partial charge in [-0.1, -0.05) is 0 Å². The van der Waals surface area contributed by atoms with Crippen molar-refractivity contribution >= 4 is 44.8 Å². The second-order valence-corrected chi connectivity index (χ2v) is 8.62. The van der Waals surface area contributed by atoms with Gasteiger partial charge in [0.2, 0.25) is 0 Å². The van der Waals surface area contributed by atoms with Gasteiger partial charge in [-0.3, -0.25) is 20.2 Å². The van der Waals surface area contributed by atoms with Crippen LogP contribution < -0.4 is 20.1 Å². The SMILES string of the molecule is CCOc1ccc(C(=O)Nc2nc(-c3csc(NC(=O)c4ccc(OCC)cc4)n3)cs2)cc1. The first-order valence-corrected chi connectivity index (χ1v) is 12.3. The van der Waals surface area contributed by atoms with E-state index in [0.29, 0.717) is 57.5 Å². The van der Waals surface area contributed by atoms with Crippen molar-refractivity contribution in [2.24, 2.45) is 0 Å². The third-order valence-electron chi connectivity index (χ3n) is 4.57. The van der Waals surface area contributed by atoms with Crippen molar-refractivity contribution in [2.75, 3.05) is 23.8 Å². The summed E-state index contributed by atoms with van der Waals surface area (Å²) in [6.07, 6.45) is 0. The first-order valence-electron chi connectivity index (χ1n) is 10.6. The Hall–Kier alpha value is -3.76. The lowest BCUT2D eigenvalue weighted by Crippen LogP contribution is -2.11.